The number of rotatable bonds is 6. The van der Waals surface area contributed by atoms with Crippen LogP contribution in [-0.2, 0) is 11.3 Å². The fraction of sp³-hybridized carbons (Fsp3) is 0.565. The van der Waals surface area contributed by atoms with Gasteiger partial charge in [-0.1, -0.05) is 0 Å². The Morgan fingerprint density at radius 1 is 1.13 bits per heavy atom. The summed E-state index contributed by atoms with van der Waals surface area (Å²) in [5, 5.41) is 0. The van der Waals surface area contributed by atoms with E-state index in [1.165, 1.54) is 12.1 Å². The lowest BCUT2D eigenvalue weighted by Crippen LogP contribution is -2.55. The molecule has 7 nitrogen and oxygen atoms in total. The Morgan fingerprint density at radius 2 is 1.90 bits per heavy atom. The van der Waals surface area contributed by atoms with Gasteiger partial charge in [0, 0.05) is 76.4 Å². The zero-order valence-corrected chi connectivity index (χ0v) is 18.2. The molecule has 0 unspecified atom stereocenters. The van der Waals surface area contributed by atoms with Crippen LogP contribution in [0.2, 0.25) is 0 Å². The molecule has 2 saturated heterocycles. The molecule has 0 saturated carbocycles. The fourth-order valence-corrected chi connectivity index (χ4v) is 4.63. The largest absolute Gasteiger partial charge is 0.497 e. The molecule has 162 valence electrons. The average molecular weight is 412 g/mol. The maximum absolute atomic E-state index is 12.8. The van der Waals surface area contributed by atoms with Crippen LogP contribution in [0.1, 0.15) is 25.1 Å². The lowest BCUT2D eigenvalue weighted by Gasteiger charge is -2.44. The number of hydrogen-bond donors (Lipinski definition) is 0. The molecule has 2 aromatic rings. The Hall–Kier alpha value is -2.54. The molecular weight excluding hydrogens is 378 g/mol. The third-order valence-corrected chi connectivity index (χ3v) is 6.51. The summed E-state index contributed by atoms with van der Waals surface area (Å²) < 4.78 is 7.32. The Morgan fingerprint density at radius 3 is 2.57 bits per heavy atom. The fourth-order valence-electron chi connectivity index (χ4n) is 4.63. The highest BCUT2D eigenvalue weighted by atomic mass is 16.5. The van der Waals surface area contributed by atoms with Gasteiger partial charge in [-0.3, -0.25) is 9.69 Å². The number of aryl methyl sites for hydroxylation is 2. The summed E-state index contributed by atoms with van der Waals surface area (Å²) in [7, 11) is 1.70. The zero-order valence-electron chi connectivity index (χ0n) is 18.2. The second-order valence-corrected chi connectivity index (χ2v) is 8.27. The molecule has 2 fully saturated rings. The van der Waals surface area contributed by atoms with Gasteiger partial charge in [0.05, 0.1) is 7.11 Å². The number of carbonyl (C=O) groups excluding carboxylic acids is 1. The number of piperazine rings is 1. The van der Waals surface area contributed by atoms with Crippen LogP contribution < -0.4 is 9.64 Å². The number of methoxy groups -OCH3 is 1. The minimum absolute atomic E-state index is 0.268. The van der Waals surface area contributed by atoms with E-state index in [0.717, 1.165) is 57.3 Å². The van der Waals surface area contributed by atoms with Crippen LogP contribution in [0, 0.1) is 6.92 Å². The molecule has 7 heteroatoms. The number of nitrogens with zero attached hydrogens (tertiary/aromatic N) is 5. The molecule has 4 rings (SSSR count). The van der Waals surface area contributed by atoms with E-state index in [0.29, 0.717) is 19.0 Å². The monoisotopic (exact) mass is 411 g/mol. The van der Waals surface area contributed by atoms with Crippen LogP contribution in [0.15, 0.2) is 36.7 Å². The van der Waals surface area contributed by atoms with Crippen molar-refractivity contribution in [3.63, 3.8) is 0 Å². The molecule has 3 heterocycles. The van der Waals surface area contributed by atoms with Gasteiger partial charge in [-0.15, -0.1) is 0 Å². The van der Waals surface area contributed by atoms with E-state index in [1.54, 1.807) is 13.3 Å². The maximum Gasteiger partial charge on any atom is 0.224 e. The number of anilines is 1. The van der Waals surface area contributed by atoms with Crippen LogP contribution in [0.4, 0.5) is 5.69 Å². The van der Waals surface area contributed by atoms with Crippen molar-refractivity contribution in [3.8, 4) is 5.75 Å². The number of aromatic nitrogens is 2. The summed E-state index contributed by atoms with van der Waals surface area (Å²) in [4.78, 5) is 24.1. The first-order valence-electron chi connectivity index (χ1n) is 11.0. The van der Waals surface area contributed by atoms with Gasteiger partial charge >= 0.3 is 0 Å². The van der Waals surface area contributed by atoms with Gasteiger partial charge in [-0.25, -0.2) is 4.98 Å². The number of hydrogen-bond acceptors (Lipinski definition) is 5. The predicted molar refractivity (Wildman–Crippen MR) is 118 cm³/mol. The molecule has 1 atom stereocenters. The first-order chi connectivity index (χ1) is 14.6. The van der Waals surface area contributed by atoms with E-state index in [1.807, 2.05) is 25.3 Å². The van der Waals surface area contributed by atoms with Crippen molar-refractivity contribution in [3.05, 3.63) is 42.5 Å². The molecule has 30 heavy (non-hydrogen) atoms. The zero-order chi connectivity index (χ0) is 20.9. The number of piperidine rings is 1. The van der Waals surface area contributed by atoms with E-state index in [4.69, 9.17) is 4.74 Å². The number of ether oxygens (including phenoxy) is 1. The molecule has 1 amide bonds. The second-order valence-electron chi connectivity index (χ2n) is 8.27. The number of imidazole rings is 1. The third-order valence-electron chi connectivity index (χ3n) is 6.51. The molecule has 1 aromatic heterocycles. The molecule has 0 bridgehead atoms. The van der Waals surface area contributed by atoms with Crippen molar-refractivity contribution >= 4 is 11.6 Å². The highest BCUT2D eigenvalue weighted by Gasteiger charge is 2.30. The van der Waals surface area contributed by atoms with Gasteiger partial charge < -0.3 is 19.1 Å². The minimum atomic E-state index is 0.268. The van der Waals surface area contributed by atoms with Crippen LogP contribution >= 0.6 is 0 Å². The van der Waals surface area contributed by atoms with E-state index in [9.17, 15) is 4.79 Å². The first kappa shape index (κ1) is 20.7. The number of likely N-dealkylation sites (tertiary alicyclic amines) is 1. The molecule has 0 spiro atoms. The SMILES string of the molecule is COc1ccc(N2CCN([C@@H]3CCCN(C(=O)CCn4ccnc4C)C3)CC2)cc1. The topological polar surface area (TPSA) is 53.8 Å². The molecule has 0 radical (unpaired) electrons. The Kier molecular flexibility index (Phi) is 6.57. The van der Waals surface area contributed by atoms with Gasteiger partial charge in [0.25, 0.3) is 0 Å². The highest BCUT2D eigenvalue weighted by Crippen LogP contribution is 2.23. The van der Waals surface area contributed by atoms with Crippen LogP contribution in [0.3, 0.4) is 0 Å². The Bertz CT molecular complexity index is 826. The number of carbonyl (C=O) groups is 1. The third kappa shape index (κ3) is 4.78. The molecule has 2 aliphatic heterocycles. The Balaban J connectivity index is 1.26. The summed E-state index contributed by atoms with van der Waals surface area (Å²) >= 11 is 0. The molecule has 0 aliphatic carbocycles. The molecule has 1 aromatic carbocycles. The molecule has 2 aliphatic rings. The van der Waals surface area contributed by atoms with Crippen molar-refractivity contribution in [1.29, 1.82) is 0 Å². The summed E-state index contributed by atoms with van der Waals surface area (Å²) in [6.07, 6.45) is 6.58. The number of amides is 1. The van der Waals surface area contributed by atoms with Gasteiger partial charge in [-0.2, -0.15) is 0 Å². The Labute approximate surface area is 179 Å². The molecule has 0 N–H and O–H groups in total. The maximum atomic E-state index is 12.8. The van der Waals surface area contributed by atoms with Crippen molar-refractivity contribution in [1.82, 2.24) is 19.4 Å². The predicted octanol–water partition coefficient (Wildman–Crippen LogP) is 2.40. The summed E-state index contributed by atoms with van der Waals surface area (Å²) in [6.45, 7) is 8.60. The second kappa shape index (κ2) is 9.51. The van der Waals surface area contributed by atoms with Gasteiger partial charge in [-0.05, 0) is 44.0 Å². The van der Waals surface area contributed by atoms with Crippen molar-refractivity contribution in [2.75, 3.05) is 51.3 Å². The lowest BCUT2D eigenvalue weighted by molar-refractivity contribution is -0.133. The lowest BCUT2D eigenvalue weighted by atomic mass is 10.0. The van der Waals surface area contributed by atoms with Crippen LogP contribution in [0.5, 0.6) is 5.75 Å². The van der Waals surface area contributed by atoms with Gasteiger partial charge in [0.1, 0.15) is 11.6 Å². The van der Waals surface area contributed by atoms with Gasteiger partial charge in [0.15, 0.2) is 0 Å². The van der Waals surface area contributed by atoms with Crippen molar-refractivity contribution in [2.24, 2.45) is 0 Å². The molecular formula is C23H33N5O2. The normalized spacial score (nSPS) is 20.4. The average Bonchev–Trinajstić information content (AvgIpc) is 3.22. The minimum Gasteiger partial charge on any atom is -0.497 e. The van der Waals surface area contributed by atoms with E-state index in [2.05, 4.69) is 36.4 Å². The van der Waals surface area contributed by atoms with Crippen molar-refractivity contribution in [2.45, 2.75) is 38.8 Å². The van der Waals surface area contributed by atoms with E-state index >= 15 is 0 Å². The van der Waals surface area contributed by atoms with Crippen molar-refractivity contribution < 1.29 is 9.53 Å². The summed E-state index contributed by atoms with van der Waals surface area (Å²) in [5.41, 5.74) is 1.26. The quantitative estimate of drug-likeness (QED) is 0.731. The smallest absolute Gasteiger partial charge is 0.224 e. The van der Waals surface area contributed by atoms with Gasteiger partial charge in [0.2, 0.25) is 5.91 Å². The number of benzene rings is 1. The van der Waals surface area contributed by atoms with E-state index < -0.39 is 0 Å². The first-order valence-corrected chi connectivity index (χ1v) is 11.0. The summed E-state index contributed by atoms with van der Waals surface area (Å²) in [6, 6.07) is 8.81. The summed E-state index contributed by atoms with van der Waals surface area (Å²) in [5.74, 6) is 2.13. The highest BCUT2D eigenvalue weighted by molar-refractivity contribution is 5.76. The van der Waals surface area contributed by atoms with Crippen LogP contribution in [-0.4, -0.2) is 77.7 Å². The standard InChI is InChI=1S/C23H33N5O2/c1-19-24-10-13-25(19)12-9-23(29)28-11-3-4-21(18-28)27-16-14-26(15-17-27)20-5-7-22(30-2)8-6-20/h5-8,10,13,21H,3-4,9,11-12,14-18H2,1-2H3/t21-/m1/s1. The van der Waals surface area contributed by atoms with E-state index in [-0.39, 0.29) is 5.91 Å². The van der Waals surface area contributed by atoms with Crippen LogP contribution in [0.25, 0.3) is 0 Å².